The van der Waals surface area contributed by atoms with E-state index >= 15 is 0 Å². The molecular weight excluding hydrogens is 340 g/mol. The number of morpholine rings is 1. The highest BCUT2D eigenvalue weighted by Gasteiger charge is 2.25. The van der Waals surface area contributed by atoms with Gasteiger partial charge in [-0.3, -0.25) is 9.59 Å². The molecule has 1 saturated heterocycles. The van der Waals surface area contributed by atoms with E-state index < -0.39 is 0 Å². The van der Waals surface area contributed by atoms with E-state index in [9.17, 15) is 9.59 Å². The highest BCUT2D eigenvalue weighted by molar-refractivity contribution is 5.97. The van der Waals surface area contributed by atoms with Crippen molar-refractivity contribution in [3.63, 3.8) is 0 Å². The Kier molecular flexibility index (Phi) is 6.24. The van der Waals surface area contributed by atoms with Crippen molar-refractivity contribution in [1.82, 2.24) is 4.90 Å². The lowest BCUT2D eigenvalue weighted by Gasteiger charge is -2.33. The van der Waals surface area contributed by atoms with Crippen LogP contribution in [0.4, 0.5) is 5.69 Å². The van der Waals surface area contributed by atoms with Crippen molar-refractivity contribution in [2.75, 3.05) is 25.1 Å². The van der Waals surface area contributed by atoms with E-state index in [1.807, 2.05) is 55.1 Å². The number of hydrogen-bond acceptors (Lipinski definition) is 3. The van der Waals surface area contributed by atoms with Crippen LogP contribution in [0, 0.1) is 5.92 Å². The smallest absolute Gasteiger partial charge is 0.254 e. The maximum absolute atomic E-state index is 12.8. The monoisotopic (exact) mass is 366 g/mol. The minimum absolute atomic E-state index is 0.0285. The summed E-state index contributed by atoms with van der Waals surface area (Å²) in [6.45, 7) is 5.59. The van der Waals surface area contributed by atoms with Gasteiger partial charge in [-0.25, -0.2) is 0 Å². The quantitative estimate of drug-likeness (QED) is 0.883. The van der Waals surface area contributed by atoms with Crippen molar-refractivity contribution in [2.45, 2.75) is 26.3 Å². The van der Waals surface area contributed by atoms with Gasteiger partial charge in [-0.05, 0) is 37.1 Å². The van der Waals surface area contributed by atoms with Gasteiger partial charge in [-0.2, -0.15) is 0 Å². The van der Waals surface area contributed by atoms with E-state index in [2.05, 4.69) is 5.32 Å². The molecule has 1 N–H and O–H groups in total. The van der Waals surface area contributed by atoms with Crippen LogP contribution in [-0.4, -0.2) is 42.5 Å². The molecule has 1 fully saturated rings. The summed E-state index contributed by atoms with van der Waals surface area (Å²) in [5.74, 6) is -0.242. The standard InChI is InChI=1S/C22H26N2O3/c1-16(13-18-7-4-3-5-8-18)21(25)23-20-10-6-9-19(14-20)22(26)24-11-12-27-15-17(24)2/h3-10,14,16-17H,11-13,15H2,1-2H3,(H,23,25). The number of ether oxygens (including phenoxy) is 1. The molecule has 0 saturated carbocycles. The number of rotatable bonds is 5. The molecule has 1 aliphatic rings. The molecule has 2 aromatic carbocycles. The van der Waals surface area contributed by atoms with Crippen molar-refractivity contribution in [3.8, 4) is 0 Å². The number of nitrogens with one attached hydrogen (secondary N) is 1. The van der Waals surface area contributed by atoms with Crippen LogP contribution in [0.25, 0.3) is 0 Å². The molecule has 27 heavy (non-hydrogen) atoms. The largest absolute Gasteiger partial charge is 0.377 e. The van der Waals surface area contributed by atoms with Crippen LogP contribution >= 0.6 is 0 Å². The third-order valence-corrected chi connectivity index (χ3v) is 4.84. The Morgan fingerprint density at radius 3 is 2.70 bits per heavy atom. The topological polar surface area (TPSA) is 58.6 Å². The maximum Gasteiger partial charge on any atom is 0.254 e. The van der Waals surface area contributed by atoms with Gasteiger partial charge in [-0.15, -0.1) is 0 Å². The summed E-state index contributed by atoms with van der Waals surface area (Å²) in [5.41, 5.74) is 2.36. The summed E-state index contributed by atoms with van der Waals surface area (Å²) in [7, 11) is 0. The summed E-state index contributed by atoms with van der Waals surface area (Å²) in [4.78, 5) is 27.1. The molecule has 2 amide bonds. The second kappa shape index (κ2) is 8.82. The molecule has 0 bridgehead atoms. The van der Waals surface area contributed by atoms with Crippen molar-refractivity contribution in [1.29, 1.82) is 0 Å². The van der Waals surface area contributed by atoms with Gasteiger partial charge in [0, 0.05) is 23.7 Å². The highest BCUT2D eigenvalue weighted by Crippen LogP contribution is 2.17. The van der Waals surface area contributed by atoms with Crippen LogP contribution in [0.5, 0.6) is 0 Å². The van der Waals surface area contributed by atoms with Crippen LogP contribution in [0.2, 0.25) is 0 Å². The molecule has 2 unspecified atom stereocenters. The summed E-state index contributed by atoms with van der Waals surface area (Å²) in [6, 6.07) is 17.2. The van der Waals surface area contributed by atoms with Crippen LogP contribution in [0.15, 0.2) is 54.6 Å². The van der Waals surface area contributed by atoms with E-state index in [4.69, 9.17) is 4.74 Å². The van der Waals surface area contributed by atoms with Crippen LogP contribution in [-0.2, 0) is 16.0 Å². The molecule has 5 nitrogen and oxygen atoms in total. The number of anilines is 1. The van der Waals surface area contributed by atoms with E-state index in [1.54, 1.807) is 18.2 Å². The Balaban J connectivity index is 1.64. The molecule has 2 atom stereocenters. The fourth-order valence-corrected chi connectivity index (χ4v) is 3.25. The molecule has 1 heterocycles. The Bertz CT molecular complexity index is 791. The average Bonchev–Trinajstić information content (AvgIpc) is 2.69. The second-order valence-corrected chi connectivity index (χ2v) is 7.08. The third-order valence-electron chi connectivity index (χ3n) is 4.84. The van der Waals surface area contributed by atoms with Crippen LogP contribution < -0.4 is 5.32 Å². The third kappa shape index (κ3) is 4.95. The fourth-order valence-electron chi connectivity index (χ4n) is 3.25. The number of hydrogen-bond donors (Lipinski definition) is 1. The minimum atomic E-state index is -0.161. The molecular formula is C22H26N2O3. The second-order valence-electron chi connectivity index (χ2n) is 7.08. The molecule has 0 spiro atoms. The molecule has 1 aliphatic heterocycles. The fraction of sp³-hybridized carbons (Fsp3) is 0.364. The van der Waals surface area contributed by atoms with Gasteiger partial charge in [0.15, 0.2) is 0 Å². The molecule has 5 heteroatoms. The van der Waals surface area contributed by atoms with Gasteiger partial charge in [0.25, 0.3) is 5.91 Å². The summed E-state index contributed by atoms with van der Waals surface area (Å²) >= 11 is 0. The van der Waals surface area contributed by atoms with E-state index in [-0.39, 0.29) is 23.8 Å². The van der Waals surface area contributed by atoms with E-state index in [0.29, 0.717) is 37.4 Å². The zero-order valence-electron chi connectivity index (χ0n) is 15.9. The first-order chi connectivity index (χ1) is 13.0. The van der Waals surface area contributed by atoms with Gasteiger partial charge in [0.05, 0.1) is 19.3 Å². The van der Waals surface area contributed by atoms with Gasteiger partial charge >= 0.3 is 0 Å². The summed E-state index contributed by atoms with van der Waals surface area (Å²) in [5, 5.41) is 2.94. The Morgan fingerprint density at radius 2 is 1.96 bits per heavy atom. The van der Waals surface area contributed by atoms with Crippen molar-refractivity contribution in [3.05, 3.63) is 65.7 Å². The van der Waals surface area contributed by atoms with Gasteiger partial charge in [0.2, 0.25) is 5.91 Å². The zero-order chi connectivity index (χ0) is 19.2. The number of carbonyl (C=O) groups excluding carboxylic acids is 2. The number of carbonyl (C=O) groups is 2. The molecule has 2 aromatic rings. The highest BCUT2D eigenvalue weighted by atomic mass is 16.5. The molecule has 0 aromatic heterocycles. The van der Waals surface area contributed by atoms with E-state index in [1.165, 1.54) is 0 Å². The average molecular weight is 366 g/mol. The van der Waals surface area contributed by atoms with Crippen molar-refractivity contribution in [2.24, 2.45) is 5.92 Å². The lowest BCUT2D eigenvalue weighted by Crippen LogP contribution is -2.47. The predicted molar refractivity (Wildman–Crippen MR) is 106 cm³/mol. The lowest BCUT2D eigenvalue weighted by atomic mass is 10.0. The normalized spacial score (nSPS) is 18.0. The van der Waals surface area contributed by atoms with Crippen molar-refractivity contribution < 1.29 is 14.3 Å². The Morgan fingerprint density at radius 1 is 1.19 bits per heavy atom. The molecule has 0 aliphatic carbocycles. The minimum Gasteiger partial charge on any atom is -0.377 e. The van der Waals surface area contributed by atoms with E-state index in [0.717, 1.165) is 5.56 Å². The maximum atomic E-state index is 12.8. The lowest BCUT2D eigenvalue weighted by molar-refractivity contribution is -0.119. The molecule has 3 rings (SSSR count). The first-order valence-electron chi connectivity index (χ1n) is 9.38. The molecule has 0 radical (unpaired) electrons. The Labute approximate surface area is 160 Å². The number of benzene rings is 2. The number of nitrogens with zero attached hydrogens (tertiary/aromatic N) is 1. The molecule has 142 valence electrons. The summed E-state index contributed by atoms with van der Waals surface area (Å²) < 4.78 is 5.40. The predicted octanol–water partition coefficient (Wildman–Crippen LogP) is 3.36. The van der Waals surface area contributed by atoms with Crippen molar-refractivity contribution >= 4 is 17.5 Å². The zero-order valence-corrected chi connectivity index (χ0v) is 15.9. The van der Waals surface area contributed by atoms with Gasteiger partial charge in [-0.1, -0.05) is 43.3 Å². The Hall–Kier alpha value is -2.66. The number of amides is 2. The summed E-state index contributed by atoms with van der Waals surface area (Å²) in [6.07, 6.45) is 0.677. The van der Waals surface area contributed by atoms with Crippen LogP contribution in [0.1, 0.15) is 29.8 Å². The van der Waals surface area contributed by atoms with Gasteiger partial charge in [0.1, 0.15) is 0 Å². The SMILES string of the molecule is CC(Cc1ccccc1)C(=O)Nc1cccc(C(=O)N2CCOCC2C)c1. The van der Waals surface area contributed by atoms with Crippen LogP contribution in [0.3, 0.4) is 0 Å². The first kappa shape index (κ1) is 19.1. The first-order valence-corrected chi connectivity index (χ1v) is 9.38. The van der Waals surface area contributed by atoms with Gasteiger partial charge < -0.3 is 15.0 Å².